The summed E-state index contributed by atoms with van der Waals surface area (Å²) in [6, 6.07) is 4.03. The molecular formula is C13H18BrNO. The molecule has 0 aromatic carbocycles. The van der Waals surface area contributed by atoms with E-state index in [4.69, 9.17) is 4.74 Å². The Labute approximate surface area is 106 Å². The molecule has 88 valence electrons. The van der Waals surface area contributed by atoms with Crippen molar-refractivity contribution in [2.75, 3.05) is 0 Å². The number of ether oxygens (including phenoxy) is 1. The molecule has 0 unspecified atom stereocenters. The van der Waals surface area contributed by atoms with Crippen LogP contribution in [0, 0.1) is 0 Å². The maximum atomic E-state index is 5.91. The second-order valence-corrected chi connectivity index (χ2v) is 5.31. The number of halogens is 1. The first-order valence-electron chi connectivity index (χ1n) is 6.06. The van der Waals surface area contributed by atoms with Crippen LogP contribution < -0.4 is 0 Å². The van der Waals surface area contributed by atoms with E-state index in [9.17, 15) is 0 Å². The molecule has 0 saturated heterocycles. The third kappa shape index (κ3) is 3.87. The van der Waals surface area contributed by atoms with Gasteiger partial charge in [-0.25, -0.2) is 0 Å². The number of pyridine rings is 1. The maximum absolute atomic E-state index is 5.91. The van der Waals surface area contributed by atoms with Crippen molar-refractivity contribution in [2.24, 2.45) is 0 Å². The molecule has 0 radical (unpaired) electrons. The highest BCUT2D eigenvalue weighted by molar-refractivity contribution is 9.10. The Morgan fingerprint density at radius 1 is 1.19 bits per heavy atom. The minimum Gasteiger partial charge on any atom is -0.372 e. The molecule has 0 aliphatic heterocycles. The molecule has 1 aromatic rings. The summed E-state index contributed by atoms with van der Waals surface area (Å²) < 4.78 is 6.93. The standard InChI is InChI=1S/C13H18BrNO/c14-11-7-8-12(15-9-11)10-16-13-5-3-1-2-4-6-13/h7-9,13H,1-6,10H2. The van der Waals surface area contributed by atoms with Crippen molar-refractivity contribution in [1.29, 1.82) is 0 Å². The highest BCUT2D eigenvalue weighted by atomic mass is 79.9. The minimum atomic E-state index is 0.452. The van der Waals surface area contributed by atoms with E-state index in [-0.39, 0.29) is 0 Å². The SMILES string of the molecule is Brc1ccc(COC2CCCCCC2)nc1. The molecule has 1 fully saturated rings. The van der Waals surface area contributed by atoms with E-state index in [1.54, 1.807) is 0 Å². The smallest absolute Gasteiger partial charge is 0.0891 e. The topological polar surface area (TPSA) is 22.1 Å². The molecule has 1 saturated carbocycles. The van der Waals surface area contributed by atoms with E-state index in [1.807, 2.05) is 18.3 Å². The number of nitrogens with zero attached hydrogens (tertiary/aromatic N) is 1. The fraction of sp³-hybridized carbons (Fsp3) is 0.615. The third-order valence-electron chi connectivity index (χ3n) is 3.06. The fourth-order valence-corrected chi connectivity index (χ4v) is 2.34. The summed E-state index contributed by atoms with van der Waals surface area (Å²) in [6.07, 6.45) is 10.1. The second kappa shape index (κ2) is 6.36. The molecule has 1 heterocycles. The van der Waals surface area contributed by atoms with E-state index >= 15 is 0 Å². The van der Waals surface area contributed by atoms with E-state index in [0.29, 0.717) is 12.7 Å². The van der Waals surface area contributed by atoms with Crippen LogP contribution in [0.1, 0.15) is 44.2 Å². The molecule has 0 bridgehead atoms. The normalized spacial score (nSPS) is 18.3. The highest BCUT2D eigenvalue weighted by Gasteiger charge is 2.12. The highest BCUT2D eigenvalue weighted by Crippen LogP contribution is 2.20. The molecule has 1 aliphatic rings. The van der Waals surface area contributed by atoms with Gasteiger partial charge in [-0.15, -0.1) is 0 Å². The van der Waals surface area contributed by atoms with Gasteiger partial charge in [0.05, 0.1) is 18.4 Å². The summed E-state index contributed by atoms with van der Waals surface area (Å²) in [5.74, 6) is 0. The molecule has 16 heavy (non-hydrogen) atoms. The van der Waals surface area contributed by atoms with Gasteiger partial charge in [0, 0.05) is 10.7 Å². The van der Waals surface area contributed by atoms with E-state index in [0.717, 1.165) is 10.2 Å². The number of hydrogen-bond donors (Lipinski definition) is 0. The third-order valence-corrected chi connectivity index (χ3v) is 3.53. The zero-order valence-corrected chi connectivity index (χ0v) is 11.1. The average molecular weight is 284 g/mol. The van der Waals surface area contributed by atoms with Crippen LogP contribution in [0.5, 0.6) is 0 Å². The van der Waals surface area contributed by atoms with Crippen molar-refractivity contribution >= 4 is 15.9 Å². The Balaban J connectivity index is 1.79. The summed E-state index contributed by atoms with van der Waals surface area (Å²) in [5, 5.41) is 0. The maximum Gasteiger partial charge on any atom is 0.0891 e. The molecule has 0 amide bonds. The first-order chi connectivity index (χ1) is 7.84. The van der Waals surface area contributed by atoms with Crippen LogP contribution in [0.3, 0.4) is 0 Å². The van der Waals surface area contributed by atoms with Gasteiger partial charge < -0.3 is 4.74 Å². The van der Waals surface area contributed by atoms with Gasteiger partial charge in [0.25, 0.3) is 0 Å². The van der Waals surface area contributed by atoms with E-state index < -0.39 is 0 Å². The van der Waals surface area contributed by atoms with Gasteiger partial charge in [0.2, 0.25) is 0 Å². The average Bonchev–Trinajstić information content (AvgIpc) is 2.57. The molecule has 2 nitrogen and oxygen atoms in total. The second-order valence-electron chi connectivity index (χ2n) is 4.39. The molecule has 3 heteroatoms. The summed E-state index contributed by atoms with van der Waals surface area (Å²) in [6.45, 7) is 0.651. The Morgan fingerprint density at radius 2 is 1.94 bits per heavy atom. The van der Waals surface area contributed by atoms with Crippen LogP contribution in [0.15, 0.2) is 22.8 Å². The van der Waals surface area contributed by atoms with Gasteiger partial charge in [0.1, 0.15) is 0 Å². The molecule has 0 N–H and O–H groups in total. The van der Waals surface area contributed by atoms with Gasteiger partial charge in [-0.3, -0.25) is 4.98 Å². The molecule has 1 aliphatic carbocycles. The largest absolute Gasteiger partial charge is 0.372 e. The van der Waals surface area contributed by atoms with Gasteiger partial charge in [-0.2, -0.15) is 0 Å². The van der Waals surface area contributed by atoms with Gasteiger partial charge in [-0.1, -0.05) is 25.7 Å². The molecule has 1 aromatic heterocycles. The Kier molecular flexibility index (Phi) is 4.79. The van der Waals surface area contributed by atoms with Crippen LogP contribution in [0.2, 0.25) is 0 Å². The van der Waals surface area contributed by atoms with Crippen molar-refractivity contribution in [3.8, 4) is 0 Å². The zero-order chi connectivity index (χ0) is 11.2. The summed E-state index contributed by atoms with van der Waals surface area (Å²) >= 11 is 3.38. The molecule has 2 rings (SSSR count). The van der Waals surface area contributed by atoms with Gasteiger partial charge in [0.15, 0.2) is 0 Å². The van der Waals surface area contributed by atoms with Crippen molar-refractivity contribution in [3.05, 3.63) is 28.5 Å². The molecule has 0 atom stereocenters. The first kappa shape index (κ1) is 12.1. The van der Waals surface area contributed by atoms with Crippen molar-refractivity contribution in [2.45, 2.75) is 51.2 Å². The number of rotatable bonds is 3. The minimum absolute atomic E-state index is 0.452. The predicted molar refractivity (Wildman–Crippen MR) is 68.2 cm³/mol. The van der Waals surface area contributed by atoms with Crippen molar-refractivity contribution in [1.82, 2.24) is 4.98 Å². The molecule has 0 spiro atoms. The van der Waals surface area contributed by atoms with Crippen molar-refractivity contribution < 1.29 is 4.74 Å². The first-order valence-corrected chi connectivity index (χ1v) is 6.86. The summed E-state index contributed by atoms with van der Waals surface area (Å²) in [4.78, 5) is 4.31. The quantitative estimate of drug-likeness (QED) is 0.780. The van der Waals surface area contributed by atoms with E-state index in [1.165, 1.54) is 38.5 Å². The van der Waals surface area contributed by atoms with Crippen LogP contribution in [-0.4, -0.2) is 11.1 Å². The molecular weight excluding hydrogens is 266 g/mol. The lowest BCUT2D eigenvalue weighted by molar-refractivity contribution is 0.0292. The van der Waals surface area contributed by atoms with Crippen LogP contribution >= 0.6 is 15.9 Å². The van der Waals surface area contributed by atoms with Crippen LogP contribution in [0.4, 0.5) is 0 Å². The Morgan fingerprint density at radius 3 is 2.56 bits per heavy atom. The van der Waals surface area contributed by atoms with Gasteiger partial charge in [-0.05, 0) is 40.9 Å². The summed E-state index contributed by atoms with van der Waals surface area (Å²) in [7, 11) is 0. The lowest BCUT2D eigenvalue weighted by Crippen LogP contribution is -2.11. The van der Waals surface area contributed by atoms with Crippen LogP contribution in [0.25, 0.3) is 0 Å². The Bertz CT molecular complexity index is 304. The monoisotopic (exact) mass is 283 g/mol. The number of hydrogen-bond acceptors (Lipinski definition) is 2. The predicted octanol–water partition coefficient (Wildman–Crippen LogP) is 4.08. The van der Waals surface area contributed by atoms with Crippen LogP contribution in [-0.2, 0) is 11.3 Å². The number of aromatic nitrogens is 1. The van der Waals surface area contributed by atoms with Crippen molar-refractivity contribution in [3.63, 3.8) is 0 Å². The Hall–Kier alpha value is -0.410. The lowest BCUT2D eigenvalue weighted by atomic mass is 10.1. The van der Waals surface area contributed by atoms with Gasteiger partial charge >= 0.3 is 0 Å². The van der Waals surface area contributed by atoms with E-state index in [2.05, 4.69) is 20.9 Å². The zero-order valence-electron chi connectivity index (χ0n) is 9.49. The fourth-order valence-electron chi connectivity index (χ4n) is 2.10. The lowest BCUT2D eigenvalue weighted by Gasteiger charge is -2.14. The summed E-state index contributed by atoms with van der Waals surface area (Å²) in [5.41, 5.74) is 1.02.